The molecular weight excluding hydrogens is 444 g/mol. The zero-order valence-corrected chi connectivity index (χ0v) is 20.8. The third kappa shape index (κ3) is 4.58. The molecule has 3 aromatic heterocycles. The molecule has 10 heteroatoms. The first kappa shape index (κ1) is 23.2. The number of aromatic nitrogens is 5. The van der Waals surface area contributed by atoms with Crippen molar-refractivity contribution in [3.05, 3.63) is 47.5 Å². The van der Waals surface area contributed by atoms with E-state index in [1.54, 1.807) is 11.8 Å². The van der Waals surface area contributed by atoms with Crippen molar-refractivity contribution < 1.29 is 9.53 Å². The van der Waals surface area contributed by atoms with Crippen LogP contribution in [-0.2, 0) is 18.4 Å². The van der Waals surface area contributed by atoms with Gasteiger partial charge < -0.3 is 19.9 Å². The van der Waals surface area contributed by atoms with Crippen molar-refractivity contribution >= 4 is 11.9 Å². The van der Waals surface area contributed by atoms with Crippen LogP contribution in [0.1, 0.15) is 29.9 Å². The number of ether oxygens (including phenoxy) is 1. The topological polar surface area (TPSA) is 101 Å². The highest BCUT2D eigenvalue weighted by Crippen LogP contribution is 2.31. The van der Waals surface area contributed by atoms with E-state index in [9.17, 15) is 4.79 Å². The van der Waals surface area contributed by atoms with E-state index in [2.05, 4.69) is 30.3 Å². The van der Waals surface area contributed by atoms with Gasteiger partial charge in [0.05, 0.1) is 25.0 Å². The summed E-state index contributed by atoms with van der Waals surface area (Å²) in [6.07, 6.45) is 3.37. The Morgan fingerprint density at radius 3 is 2.54 bits per heavy atom. The van der Waals surface area contributed by atoms with Gasteiger partial charge in [-0.1, -0.05) is 6.07 Å². The molecule has 5 heterocycles. The van der Waals surface area contributed by atoms with E-state index in [0.717, 1.165) is 53.9 Å². The van der Waals surface area contributed by atoms with Gasteiger partial charge in [-0.25, -0.2) is 15.0 Å². The first-order chi connectivity index (χ1) is 16.9. The molecule has 1 spiro atoms. The first-order valence-electron chi connectivity index (χ1n) is 12.0. The van der Waals surface area contributed by atoms with E-state index >= 15 is 0 Å². The summed E-state index contributed by atoms with van der Waals surface area (Å²) >= 11 is 0. The quantitative estimate of drug-likeness (QED) is 0.596. The number of aryl methyl sites for hydroxylation is 3. The highest BCUT2D eigenvalue weighted by molar-refractivity contribution is 5.87. The lowest BCUT2D eigenvalue weighted by atomic mass is 9.84. The number of piperidine rings is 1. The van der Waals surface area contributed by atoms with Gasteiger partial charge in [-0.15, -0.1) is 0 Å². The molecule has 0 unspecified atom stereocenters. The number of carbonyl (C=O) groups excluding carboxylic acids is 1. The number of hydrogen-bond acceptors (Lipinski definition) is 8. The van der Waals surface area contributed by atoms with Gasteiger partial charge in [0.1, 0.15) is 5.54 Å². The lowest BCUT2D eigenvalue weighted by Gasteiger charge is -2.47. The molecule has 1 amide bonds. The zero-order valence-electron chi connectivity index (χ0n) is 20.8. The van der Waals surface area contributed by atoms with Gasteiger partial charge in [-0.2, -0.15) is 5.10 Å². The Balaban J connectivity index is 1.32. The largest absolute Gasteiger partial charge is 0.481 e. The van der Waals surface area contributed by atoms with Gasteiger partial charge in [-0.3, -0.25) is 9.48 Å². The van der Waals surface area contributed by atoms with Crippen LogP contribution in [0, 0.1) is 13.8 Å². The summed E-state index contributed by atoms with van der Waals surface area (Å²) in [6.45, 7) is 7.29. The highest BCUT2D eigenvalue weighted by atomic mass is 16.5. The van der Waals surface area contributed by atoms with Crippen LogP contribution in [-0.4, -0.2) is 74.4 Å². The van der Waals surface area contributed by atoms with Crippen molar-refractivity contribution in [2.45, 2.75) is 38.8 Å². The zero-order chi connectivity index (χ0) is 24.6. The molecule has 0 aliphatic carbocycles. The van der Waals surface area contributed by atoms with Crippen molar-refractivity contribution in [1.82, 2.24) is 34.9 Å². The monoisotopic (exact) mass is 476 g/mol. The van der Waals surface area contributed by atoms with E-state index < -0.39 is 5.54 Å². The number of carbonyl (C=O) groups is 1. The van der Waals surface area contributed by atoms with E-state index in [1.165, 1.54) is 0 Å². The van der Waals surface area contributed by atoms with Gasteiger partial charge in [0.2, 0.25) is 17.7 Å². The summed E-state index contributed by atoms with van der Waals surface area (Å²) in [5.74, 6) is 1.44. The number of pyridine rings is 1. The van der Waals surface area contributed by atoms with Crippen molar-refractivity contribution in [1.29, 1.82) is 0 Å². The second-order valence-electron chi connectivity index (χ2n) is 9.40. The predicted molar refractivity (Wildman–Crippen MR) is 132 cm³/mol. The molecule has 35 heavy (non-hydrogen) atoms. The molecular formula is C25H32N8O2. The van der Waals surface area contributed by atoms with Crippen LogP contribution < -0.4 is 15.0 Å². The Hall–Kier alpha value is -3.53. The lowest BCUT2D eigenvalue weighted by Crippen LogP contribution is -2.67. The van der Waals surface area contributed by atoms with Crippen LogP contribution in [0.3, 0.4) is 0 Å². The minimum absolute atomic E-state index is 0.139. The Kier molecular flexibility index (Phi) is 6.14. The Morgan fingerprint density at radius 2 is 1.83 bits per heavy atom. The normalized spacial score (nSPS) is 17.8. The number of hydrogen-bond donors (Lipinski definition) is 1. The molecule has 5 rings (SSSR count). The first-order valence-corrected chi connectivity index (χ1v) is 12.0. The maximum absolute atomic E-state index is 13.8. The maximum Gasteiger partial charge on any atom is 0.243 e. The molecule has 10 nitrogen and oxygen atoms in total. The van der Waals surface area contributed by atoms with Crippen molar-refractivity contribution in [2.75, 3.05) is 38.2 Å². The Bertz CT molecular complexity index is 1210. The molecule has 2 saturated heterocycles. The fourth-order valence-corrected chi connectivity index (χ4v) is 5.11. The molecule has 3 aromatic rings. The SMILES string of the molecule is COc1cccc(-c2cn(C)nc2CN2CCNC3(CCN(c4nc(C)cc(C)n4)CC3)C2=O)n1. The maximum atomic E-state index is 13.8. The van der Waals surface area contributed by atoms with Crippen LogP contribution in [0.15, 0.2) is 30.5 Å². The average molecular weight is 477 g/mol. The third-order valence-corrected chi connectivity index (χ3v) is 6.87. The van der Waals surface area contributed by atoms with Crippen molar-refractivity contribution in [3.8, 4) is 17.1 Å². The van der Waals surface area contributed by atoms with Gasteiger partial charge in [0, 0.05) is 62.4 Å². The number of nitrogens with zero attached hydrogens (tertiary/aromatic N) is 7. The number of nitrogens with one attached hydrogen (secondary N) is 1. The molecule has 2 aliphatic heterocycles. The molecule has 0 aromatic carbocycles. The Labute approximate surface area is 205 Å². The molecule has 1 N–H and O–H groups in total. The van der Waals surface area contributed by atoms with Crippen LogP contribution in [0.25, 0.3) is 11.3 Å². The van der Waals surface area contributed by atoms with E-state index in [1.807, 2.05) is 56.3 Å². The fourth-order valence-electron chi connectivity index (χ4n) is 5.11. The van der Waals surface area contributed by atoms with Crippen LogP contribution >= 0.6 is 0 Å². The smallest absolute Gasteiger partial charge is 0.243 e. The summed E-state index contributed by atoms with van der Waals surface area (Å²) in [5, 5.41) is 8.22. The molecule has 2 aliphatic rings. The molecule has 2 fully saturated rings. The van der Waals surface area contributed by atoms with Crippen LogP contribution in [0.5, 0.6) is 5.88 Å². The average Bonchev–Trinajstić information content (AvgIpc) is 3.22. The minimum Gasteiger partial charge on any atom is -0.481 e. The van der Waals surface area contributed by atoms with E-state index in [0.29, 0.717) is 31.8 Å². The minimum atomic E-state index is -0.559. The van der Waals surface area contributed by atoms with Gasteiger partial charge in [0.15, 0.2) is 0 Å². The van der Waals surface area contributed by atoms with E-state index in [4.69, 9.17) is 4.74 Å². The fraction of sp³-hybridized carbons (Fsp3) is 0.480. The molecule has 0 bridgehead atoms. The second kappa shape index (κ2) is 9.26. The number of methoxy groups -OCH3 is 1. The van der Waals surface area contributed by atoms with Gasteiger partial charge >= 0.3 is 0 Å². The molecule has 0 saturated carbocycles. The predicted octanol–water partition coefficient (Wildman–Crippen LogP) is 1.87. The standard InChI is InChI=1S/C25H32N8O2/c1-17-14-18(2)28-24(27-17)32-11-8-25(9-12-32)23(34)33(13-10-26-25)16-21-19(15-31(3)30-21)20-6-5-7-22(29-20)35-4/h5-7,14-15,26H,8-13,16H2,1-4H3. The molecule has 0 radical (unpaired) electrons. The summed E-state index contributed by atoms with van der Waals surface area (Å²) in [6, 6.07) is 7.65. The summed E-state index contributed by atoms with van der Waals surface area (Å²) in [5.41, 5.74) is 3.89. The van der Waals surface area contributed by atoms with Crippen LogP contribution in [0.2, 0.25) is 0 Å². The molecule has 184 valence electrons. The van der Waals surface area contributed by atoms with Crippen LogP contribution in [0.4, 0.5) is 5.95 Å². The van der Waals surface area contributed by atoms with Crippen molar-refractivity contribution in [3.63, 3.8) is 0 Å². The highest BCUT2D eigenvalue weighted by Gasteiger charge is 2.46. The van der Waals surface area contributed by atoms with E-state index in [-0.39, 0.29) is 5.91 Å². The third-order valence-electron chi connectivity index (χ3n) is 6.87. The molecule has 0 atom stereocenters. The van der Waals surface area contributed by atoms with Gasteiger partial charge in [-0.05, 0) is 38.8 Å². The summed E-state index contributed by atoms with van der Waals surface area (Å²) < 4.78 is 7.07. The Morgan fingerprint density at radius 1 is 1.09 bits per heavy atom. The number of piperazine rings is 1. The lowest BCUT2D eigenvalue weighted by molar-refractivity contribution is -0.143. The van der Waals surface area contributed by atoms with Crippen molar-refractivity contribution in [2.24, 2.45) is 7.05 Å². The summed E-state index contributed by atoms with van der Waals surface area (Å²) in [7, 11) is 3.49. The number of amides is 1. The number of anilines is 1. The van der Waals surface area contributed by atoms with Gasteiger partial charge in [0.25, 0.3) is 0 Å². The summed E-state index contributed by atoms with van der Waals surface area (Å²) in [4.78, 5) is 31.7. The second-order valence-corrected chi connectivity index (χ2v) is 9.40. The number of rotatable bonds is 5.